The third kappa shape index (κ3) is 8.55. The number of ether oxygens (including phenoxy) is 1. The summed E-state index contributed by atoms with van der Waals surface area (Å²) in [4.78, 5) is 100. The second-order valence-corrected chi connectivity index (χ2v) is 18.0. The quantitative estimate of drug-likeness (QED) is 0.117. The number of amides is 6. The van der Waals surface area contributed by atoms with Crippen molar-refractivity contribution in [2.24, 2.45) is 5.92 Å². The number of likely N-dealkylation sites (tertiary alicyclic amines) is 2. The highest BCUT2D eigenvalue weighted by molar-refractivity contribution is 6.36. The summed E-state index contributed by atoms with van der Waals surface area (Å²) in [6.45, 7) is 6.71. The highest BCUT2D eigenvalue weighted by Crippen LogP contribution is 2.34. The summed E-state index contributed by atoms with van der Waals surface area (Å²) in [6.07, 6.45) is 6.78. The average molecular weight is 913 g/mol. The molecule has 0 bridgehead atoms. The van der Waals surface area contributed by atoms with Gasteiger partial charge >= 0.3 is 6.03 Å². The molecule has 4 saturated heterocycles. The number of hydrogen-bond acceptors (Lipinski definition) is 12. The van der Waals surface area contributed by atoms with E-state index in [1.54, 1.807) is 36.5 Å². The fraction of sp³-hybridized carbons (Fsp3) is 0.375. The molecule has 340 valence electrons. The zero-order valence-electron chi connectivity index (χ0n) is 36.2. The first-order valence-electron chi connectivity index (χ1n) is 22.6. The number of hydrogen-bond donors (Lipinski definition) is 3. The first kappa shape index (κ1) is 43.1. The van der Waals surface area contributed by atoms with Crippen LogP contribution in [0.25, 0.3) is 11.0 Å². The van der Waals surface area contributed by atoms with E-state index in [-0.39, 0.29) is 46.8 Å². The molecule has 6 amide bonds. The second kappa shape index (κ2) is 18.2. The van der Waals surface area contributed by atoms with Gasteiger partial charge in [0.25, 0.3) is 11.8 Å². The van der Waals surface area contributed by atoms with Crippen LogP contribution in [0.1, 0.15) is 75.2 Å². The Morgan fingerprint density at radius 3 is 2.35 bits per heavy atom. The minimum Gasteiger partial charge on any atom is -0.457 e. The number of para-hydroxylation sites is 1. The summed E-state index contributed by atoms with van der Waals surface area (Å²) in [6, 6.07) is 18.6. The molecule has 0 saturated carbocycles. The number of aromatic nitrogens is 3. The minimum absolute atomic E-state index is 0.0444. The molecule has 2 atom stereocenters. The van der Waals surface area contributed by atoms with E-state index in [0.29, 0.717) is 71.6 Å². The fourth-order valence-corrected chi connectivity index (χ4v) is 10.2. The number of piperidine rings is 3. The van der Waals surface area contributed by atoms with E-state index in [2.05, 4.69) is 35.4 Å². The van der Waals surface area contributed by atoms with Crippen LogP contribution in [-0.2, 0) is 9.59 Å². The van der Waals surface area contributed by atoms with Crippen molar-refractivity contribution >= 4 is 69.6 Å². The van der Waals surface area contributed by atoms with Gasteiger partial charge in [0.1, 0.15) is 35.3 Å². The Morgan fingerprint density at radius 2 is 1.58 bits per heavy atom. The van der Waals surface area contributed by atoms with Gasteiger partial charge in [-0.3, -0.25) is 39.1 Å². The van der Waals surface area contributed by atoms with Crippen LogP contribution >= 0.6 is 11.6 Å². The summed E-state index contributed by atoms with van der Waals surface area (Å²) >= 11 is 6.65. The molecule has 4 fully saturated rings. The topological polar surface area (TPSA) is 193 Å². The Morgan fingerprint density at radius 1 is 0.788 bits per heavy atom. The van der Waals surface area contributed by atoms with Crippen molar-refractivity contribution in [1.82, 2.24) is 39.9 Å². The van der Waals surface area contributed by atoms with Gasteiger partial charge < -0.3 is 29.7 Å². The summed E-state index contributed by atoms with van der Waals surface area (Å²) in [7, 11) is 0. The van der Waals surface area contributed by atoms with E-state index in [4.69, 9.17) is 16.3 Å². The van der Waals surface area contributed by atoms with Gasteiger partial charge in [-0.2, -0.15) is 0 Å². The first-order valence-corrected chi connectivity index (χ1v) is 23.0. The largest absolute Gasteiger partial charge is 0.457 e. The molecule has 5 aliphatic rings. The molecule has 2 aromatic heterocycles. The van der Waals surface area contributed by atoms with Crippen LogP contribution in [0.3, 0.4) is 0 Å². The van der Waals surface area contributed by atoms with Crippen LogP contribution in [0, 0.1) is 5.92 Å². The van der Waals surface area contributed by atoms with Gasteiger partial charge in [-0.1, -0.05) is 29.8 Å². The van der Waals surface area contributed by atoms with Crippen LogP contribution in [0.5, 0.6) is 11.5 Å². The number of nitrogens with one attached hydrogen (secondary N) is 3. The molecular formula is C48H49ClN10O7. The molecular weight excluding hydrogens is 864 g/mol. The number of piperazine rings is 1. The van der Waals surface area contributed by atoms with Crippen molar-refractivity contribution in [2.75, 3.05) is 69.1 Å². The molecule has 10 rings (SSSR count). The number of imide groups is 2. The molecule has 0 radical (unpaired) electrons. The molecule has 18 heteroatoms. The molecule has 66 heavy (non-hydrogen) atoms. The summed E-state index contributed by atoms with van der Waals surface area (Å²) < 4.78 is 5.91. The lowest BCUT2D eigenvalue weighted by Crippen LogP contribution is -2.54. The highest BCUT2D eigenvalue weighted by atomic mass is 35.5. The highest BCUT2D eigenvalue weighted by Gasteiger charge is 2.45. The zero-order valence-corrected chi connectivity index (χ0v) is 37.0. The monoisotopic (exact) mass is 912 g/mol. The molecule has 5 aromatic rings. The number of H-pyrrole nitrogens is 1. The summed E-state index contributed by atoms with van der Waals surface area (Å²) in [5, 5.41) is 6.61. The maximum atomic E-state index is 14.0. The van der Waals surface area contributed by atoms with E-state index in [0.717, 1.165) is 69.0 Å². The lowest BCUT2D eigenvalue weighted by Gasteiger charge is -2.41. The molecule has 0 aliphatic carbocycles. The maximum absolute atomic E-state index is 14.0. The first-order chi connectivity index (χ1) is 32.1. The molecule has 5 aliphatic heterocycles. The molecule has 17 nitrogen and oxygen atoms in total. The van der Waals surface area contributed by atoms with E-state index in [1.807, 2.05) is 46.2 Å². The van der Waals surface area contributed by atoms with E-state index >= 15 is 0 Å². The lowest BCUT2D eigenvalue weighted by molar-refractivity contribution is -0.136. The number of halogens is 1. The Hall–Kier alpha value is -6.85. The molecule has 0 spiro atoms. The van der Waals surface area contributed by atoms with E-state index < -0.39 is 29.7 Å². The summed E-state index contributed by atoms with van der Waals surface area (Å²) in [5.74, 6) is -0.159. The Bertz CT molecular complexity index is 2730. The SMILES string of the molecule is O=C1CC[C@H](N2C(=O)c3ccc(N4CCN(CC5CCN(C(=O)N6CCC[C@@H](Nc7ncnc8[nH]cc(C(=O)c9ccc(Oc%10ccccc%10)cc9Cl)c78)C6)CC5)CC4)cc3C2=O)C(=O)N1. The number of carbonyl (C=O) groups excluding carboxylic acids is 6. The Kier molecular flexibility index (Phi) is 11.9. The molecule has 3 aromatic carbocycles. The van der Waals surface area contributed by atoms with Crippen molar-refractivity contribution in [1.29, 1.82) is 0 Å². The number of benzene rings is 3. The predicted octanol–water partition coefficient (Wildman–Crippen LogP) is 5.57. The molecule has 7 heterocycles. The molecule has 0 unspecified atom stereocenters. The van der Waals surface area contributed by atoms with Gasteiger partial charge in [0.2, 0.25) is 11.8 Å². The number of nitrogens with zero attached hydrogens (tertiary/aromatic N) is 7. The van der Waals surface area contributed by atoms with Crippen LogP contribution in [0.4, 0.5) is 16.3 Å². The molecule has 3 N–H and O–H groups in total. The lowest BCUT2D eigenvalue weighted by atomic mass is 9.96. The van der Waals surface area contributed by atoms with E-state index in [1.165, 1.54) is 6.33 Å². The van der Waals surface area contributed by atoms with Crippen LogP contribution in [0.2, 0.25) is 5.02 Å². The van der Waals surface area contributed by atoms with Crippen molar-refractivity contribution in [3.05, 3.63) is 107 Å². The number of aromatic amines is 1. The van der Waals surface area contributed by atoms with Crippen molar-refractivity contribution in [2.45, 2.75) is 50.6 Å². The maximum Gasteiger partial charge on any atom is 0.320 e. The third-order valence-electron chi connectivity index (χ3n) is 13.5. The zero-order chi connectivity index (χ0) is 45.5. The summed E-state index contributed by atoms with van der Waals surface area (Å²) in [5.41, 5.74) is 2.64. The third-order valence-corrected chi connectivity index (χ3v) is 13.8. The average Bonchev–Trinajstić information content (AvgIpc) is 3.88. The van der Waals surface area contributed by atoms with Crippen molar-refractivity contribution in [3.8, 4) is 11.5 Å². The Labute approximate surface area is 385 Å². The number of urea groups is 1. The van der Waals surface area contributed by atoms with Gasteiger partial charge in [0.15, 0.2) is 5.78 Å². The number of rotatable bonds is 10. The van der Waals surface area contributed by atoms with Crippen molar-refractivity contribution in [3.63, 3.8) is 0 Å². The van der Waals surface area contributed by atoms with Gasteiger partial charge in [0, 0.05) is 94.9 Å². The smallest absolute Gasteiger partial charge is 0.320 e. The van der Waals surface area contributed by atoms with Gasteiger partial charge in [-0.05, 0) is 80.5 Å². The fourth-order valence-electron chi connectivity index (χ4n) is 9.94. The predicted molar refractivity (Wildman–Crippen MR) is 245 cm³/mol. The van der Waals surface area contributed by atoms with Gasteiger partial charge in [-0.15, -0.1) is 0 Å². The van der Waals surface area contributed by atoms with Crippen LogP contribution in [-0.4, -0.2) is 141 Å². The van der Waals surface area contributed by atoms with E-state index in [9.17, 15) is 28.8 Å². The normalized spacial score (nSPS) is 20.7. The minimum atomic E-state index is -0.992. The van der Waals surface area contributed by atoms with Crippen molar-refractivity contribution < 1.29 is 33.5 Å². The van der Waals surface area contributed by atoms with Gasteiger partial charge in [0.05, 0.1) is 27.1 Å². The number of ketones is 1. The number of fused-ring (bicyclic) bond motifs is 2. The van der Waals surface area contributed by atoms with Gasteiger partial charge in [-0.25, -0.2) is 14.8 Å². The van der Waals surface area contributed by atoms with Crippen LogP contribution in [0.15, 0.2) is 79.3 Å². The number of carbonyl (C=O) groups is 6. The van der Waals surface area contributed by atoms with Crippen LogP contribution < -0.4 is 20.3 Å². The Balaban J connectivity index is 0.704. The standard InChI is InChI=1S/C48H49ClN10O7/c49-38-24-33(66-32-6-2-1-3-7-32)9-11-35(38)42(61)37-25-50-43-41(37)44(52-28-51-43)53-30-5-4-16-58(27-30)48(65)57-17-14-29(15-18-57)26-55-19-21-56(22-20-55)31-8-10-34-36(23-31)47(64)59(46(34)63)39-12-13-40(60)54-45(39)62/h1-3,6-11,23-25,28-30,39H,4-5,12-22,26-27H2,(H,54,60,62)(H2,50,51,52,53)/t30-,39+/m1/s1. The number of anilines is 2. The second-order valence-electron chi connectivity index (χ2n) is 17.6.